The summed E-state index contributed by atoms with van der Waals surface area (Å²) in [5, 5.41) is 9.51. The summed E-state index contributed by atoms with van der Waals surface area (Å²) in [6, 6.07) is 0. The second-order valence-electron chi connectivity index (χ2n) is 7.96. The van der Waals surface area contributed by atoms with Gasteiger partial charge in [-0.3, -0.25) is 4.79 Å². The molecule has 1 unspecified atom stereocenters. The Morgan fingerprint density at radius 3 is 1.29 bits per heavy atom. The summed E-state index contributed by atoms with van der Waals surface area (Å²) >= 11 is 0. The normalized spacial score (nSPS) is 13.8. The molecular weight excluding hydrogens is 296 g/mol. The van der Waals surface area contributed by atoms with Gasteiger partial charge in [0.15, 0.2) is 0 Å². The summed E-state index contributed by atoms with van der Waals surface area (Å²) in [6.07, 6.45) is 21.1. The van der Waals surface area contributed by atoms with E-state index in [0.717, 1.165) is 38.5 Å². The fraction of sp³-hybridized carbons (Fsp3) is 0.955. The largest absolute Gasteiger partial charge is 0.481 e. The van der Waals surface area contributed by atoms with Gasteiger partial charge in [-0.25, -0.2) is 0 Å². The summed E-state index contributed by atoms with van der Waals surface area (Å²) in [7, 11) is 0. The maximum Gasteiger partial charge on any atom is 0.309 e. The van der Waals surface area contributed by atoms with Gasteiger partial charge in [-0.05, 0) is 19.8 Å². The van der Waals surface area contributed by atoms with Crippen molar-refractivity contribution < 1.29 is 9.90 Å². The van der Waals surface area contributed by atoms with Crippen LogP contribution in [0.25, 0.3) is 0 Å². The first-order chi connectivity index (χ1) is 11.6. The van der Waals surface area contributed by atoms with Gasteiger partial charge in [-0.2, -0.15) is 0 Å². The van der Waals surface area contributed by atoms with Gasteiger partial charge in [0, 0.05) is 0 Å². The maximum atomic E-state index is 11.5. The molecule has 0 radical (unpaired) electrons. The van der Waals surface area contributed by atoms with Crippen LogP contribution in [-0.2, 0) is 4.79 Å². The van der Waals surface area contributed by atoms with Gasteiger partial charge < -0.3 is 5.11 Å². The second-order valence-corrected chi connectivity index (χ2v) is 7.96. The highest BCUT2D eigenvalue weighted by Crippen LogP contribution is 2.31. The summed E-state index contributed by atoms with van der Waals surface area (Å²) in [6.45, 7) is 6.39. The van der Waals surface area contributed by atoms with E-state index in [1.165, 1.54) is 70.6 Å². The van der Waals surface area contributed by atoms with Crippen LogP contribution in [0.3, 0.4) is 0 Å². The highest BCUT2D eigenvalue weighted by molar-refractivity contribution is 5.74. The van der Waals surface area contributed by atoms with E-state index in [1.54, 1.807) is 0 Å². The molecule has 0 aliphatic rings. The Bertz CT molecular complexity index is 288. The van der Waals surface area contributed by atoms with Crippen molar-refractivity contribution >= 4 is 5.97 Å². The van der Waals surface area contributed by atoms with E-state index in [-0.39, 0.29) is 0 Å². The Labute approximate surface area is 151 Å². The van der Waals surface area contributed by atoms with Gasteiger partial charge in [-0.1, -0.05) is 110 Å². The molecule has 144 valence electrons. The van der Waals surface area contributed by atoms with Crippen LogP contribution in [0.1, 0.15) is 130 Å². The molecular formula is C22H44O2. The quantitative estimate of drug-likeness (QED) is 0.259. The molecule has 0 aromatic heterocycles. The molecule has 0 aliphatic carbocycles. The molecule has 0 saturated carbocycles. The fourth-order valence-corrected chi connectivity index (χ4v) is 3.46. The second kappa shape index (κ2) is 16.0. The van der Waals surface area contributed by atoms with Crippen molar-refractivity contribution in [3.8, 4) is 0 Å². The predicted octanol–water partition coefficient (Wildman–Crippen LogP) is 7.75. The molecule has 0 aromatic rings. The molecule has 1 atom stereocenters. The molecule has 0 heterocycles. The number of hydrogen-bond donors (Lipinski definition) is 1. The summed E-state index contributed by atoms with van der Waals surface area (Å²) < 4.78 is 0. The minimum atomic E-state index is -0.596. The molecule has 24 heavy (non-hydrogen) atoms. The van der Waals surface area contributed by atoms with E-state index >= 15 is 0 Å². The van der Waals surface area contributed by atoms with Gasteiger partial charge >= 0.3 is 5.97 Å². The minimum Gasteiger partial charge on any atom is -0.481 e. The van der Waals surface area contributed by atoms with Crippen molar-refractivity contribution in [3.63, 3.8) is 0 Å². The monoisotopic (exact) mass is 340 g/mol. The van der Waals surface area contributed by atoms with Gasteiger partial charge in [-0.15, -0.1) is 0 Å². The Hall–Kier alpha value is -0.530. The lowest BCUT2D eigenvalue weighted by molar-refractivity contribution is -0.149. The van der Waals surface area contributed by atoms with E-state index in [2.05, 4.69) is 13.8 Å². The fourth-order valence-electron chi connectivity index (χ4n) is 3.46. The molecule has 0 saturated heterocycles. The number of unbranched alkanes of at least 4 members (excludes halogenated alkanes) is 13. The number of carbonyl (C=O) groups is 1. The zero-order chi connectivity index (χ0) is 18.1. The lowest BCUT2D eigenvalue weighted by Crippen LogP contribution is -2.27. The molecule has 1 N–H and O–H groups in total. The van der Waals surface area contributed by atoms with Gasteiger partial charge in [0.2, 0.25) is 0 Å². The third-order valence-electron chi connectivity index (χ3n) is 5.43. The summed E-state index contributed by atoms with van der Waals surface area (Å²) in [5.41, 5.74) is -0.492. The van der Waals surface area contributed by atoms with Crippen LogP contribution in [0.4, 0.5) is 0 Å². The van der Waals surface area contributed by atoms with Crippen molar-refractivity contribution in [3.05, 3.63) is 0 Å². The molecule has 0 aliphatic heterocycles. The SMILES string of the molecule is CCCCCCCCCCCCCCC(C)(CCCCC)C(=O)O. The molecule has 0 aromatic carbocycles. The van der Waals surface area contributed by atoms with E-state index in [9.17, 15) is 9.90 Å². The van der Waals surface area contributed by atoms with Crippen LogP contribution in [0.2, 0.25) is 0 Å². The predicted molar refractivity (Wildman–Crippen MR) is 106 cm³/mol. The lowest BCUT2D eigenvalue weighted by atomic mass is 9.80. The lowest BCUT2D eigenvalue weighted by Gasteiger charge is -2.24. The number of hydrogen-bond acceptors (Lipinski definition) is 1. The number of carboxylic acids is 1. The van der Waals surface area contributed by atoms with Gasteiger partial charge in [0.1, 0.15) is 0 Å². The third-order valence-corrected chi connectivity index (χ3v) is 5.43. The van der Waals surface area contributed by atoms with E-state index in [4.69, 9.17) is 0 Å². The number of rotatable bonds is 18. The first kappa shape index (κ1) is 23.5. The van der Waals surface area contributed by atoms with Gasteiger partial charge in [0.25, 0.3) is 0 Å². The maximum absolute atomic E-state index is 11.5. The third kappa shape index (κ3) is 12.8. The van der Waals surface area contributed by atoms with Crippen LogP contribution in [0.5, 0.6) is 0 Å². The van der Waals surface area contributed by atoms with Crippen LogP contribution in [0, 0.1) is 5.41 Å². The molecule has 0 bridgehead atoms. The standard InChI is InChI=1S/C22H44O2/c1-4-6-8-9-10-11-12-13-14-15-16-18-20-22(3,21(23)24)19-17-7-5-2/h4-20H2,1-3H3,(H,23,24). The van der Waals surface area contributed by atoms with Crippen molar-refractivity contribution in [2.24, 2.45) is 5.41 Å². The van der Waals surface area contributed by atoms with E-state index in [1.807, 2.05) is 6.92 Å². The highest BCUT2D eigenvalue weighted by atomic mass is 16.4. The molecule has 2 nitrogen and oxygen atoms in total. The Morgan fingerprint density at radius 1 is 0.625 bits per heavy atom. The van der Waals surface area contributed by atoms with Crippen LogP contribution in [0.15, 0.2) is 0 Å². The minimum absolute atomic E-state index is 0.492. The zero-order valence-electron chi connectivity index (χ0n) is 16.9. The Kier molecular flexibility index (Phi) is 15.6. The smallest absolute Gasteiger partial charge is 0.309 e. The van der Waals surface area contributed by atoms with Crippen molar-refractivity contribution in [2.45, 2.75) is 130 Å². The molecule has 0 spiro atoms. The van der Waals surface area contributed by atoms with Gasteiger partial charge in [0.05, 0.1) is 5.41 Å². The molecule has 0 amide bonds. The number of aliphatic carboxylic acids is 1. The van der Waals surface area contributed by atoms with Crippen molar-refractivity contribution in [2.75, 3.05) is 0 Å². The Morgan fingerprint density at radius 2 is 0.917 bits per heavy atom. The van der Waals surface area contributed by atoms with Crippen LogP contribution < -0.4 is 0 Å². The van der Waals surface area contributed by atoms with Crippen LogP contribution in [-0.4, -0.2) is 11.1 Å². The zero-order valence-corrected chi connectivity index (χ0v) is 16.9. The molecule has 2 heteroatoms. The van der Waals surface area contributed by atoms with E-state index < -0.39 is 11.4 Å². The average Bonchev–Trinajstić information content (AvgIpc) is 2.56. The topological polar surface area (TPSA) is 37.3 Å². The van der Waals surface area contributed by atoms with Crippen LogP contribution >= 0.6 is 0 Å². The average molecular weight is 341 g/mol. The first-order valence-corrected chi connectivity index (χ1v) is 10.8. The number of carboxylic acid groups (broad SMARTS) is 1. The Balaban J connectivity index is 3.53. The summed E-state index contributed by atoms with van der Waals surface area (Å²) in [5.74, 6) is -0.596. The molecule has 0 fully saturated rings. The first-order valence-electron chi connectivity index (χ1n) is 10.8. The van der Waals surface area contributed by atoms with Crippen molar-refractivity contribution in [1.29, 1.82) is 0 Å². The highest BCUT2D eigenvalue weighted by Gasteiger charge is 2.31. The summed E-state index contributed by atoms with van der Waals surface area (Å²) in [4.78, 5) is 11.5. The van der Waals surface area contributed by atoms with Crippen molar-refractivity contribution in [1.82, 2.24) is 0 Å². The van der Waals surface area contributed by atoms with E-state index in [0.29, 0.717) is 0 Å². The molecule has 0 rings (SSSR count).